The van der Waals surface area contributed by atoms with Crippen LogP contribution in [-0.4, -0.2) is 11.6 Å². The average molecular weight is 250 g/mol. The van der Waals surface area contributed by atoms with Gasteiger partial charge in [0.1, 0.15) is 0 Å². The molecule has 0 aromatic heterocycles. The summed E-state index contributed by atoms with van der Waals surface area (Å²) in [5.74, 6) is -0.374. The standard InChI is InChI=1S/C17H14O2/c1-3-16(18)14-10-6-7-11-15(14)17(19)13-9-5-4-8-12(13)2/h3-11H,1H2,2H3. The molecule has 0 amide bonds. The SMILES string of the molecule is C=CC(=O)c1ccccc1C(=O)c1ccccc1C. The molecule has 0 unspecified atom stereocenters. The number of rotatable bonds is 4. The maximum absolute atomic E-state index is 12.5. The van der Waals surface area contributed by atoms with E-state index in [9.17, 15) is 9.59 Å². The minimum absolute atomic E-state index is 0.135. The highest BCUT2D eigenvalue weighted by Crippen LogP contribution is 2.18. The number of benzene rings is 2. The fraction of sp³-hybridized carbons (Fsp3) is 0.0588. The van der Waals surface area contributed by atoms with E-state index in [1.807, 2.05) is 25.1 Å². The Bertz CT molecular complexity index is 654. The number of aryl methyl sites for hydroxylation is 1. The maximum Gasteiger partial charge on any atom is 0.194 e. The number of carbonyl (C=O) groups is 2. The second kappa shape index (κ2) is 5.44. The van der Waals surface area contributed by atoms with E-state index < -0.39 is 0 Å². The van der Waals surface area contributed by atoms with Gasteiger partial charge in [0, 0.05) is 16.7 Å². The summed E-state index contributed by atoms with van der Waals surface area (Å²) in [4.78, 5) is 24.3. The van der Waals surface area contributed by atoms with E-state index in [2.05, 4.69) is 6.58 Å². The van der Waals surface area contributed by atoms with Crippen LogP contribution in [0.4, 0.5) is 0 Å². The van der Waals surface area contributed by atoms with E-state index in [0.717, 1.165) is 5.56 Å². The molecule has 0 bridgehead atoms. The molecule has 2 aromatic rings. The molecule has 0 atom stereocenters. The summed E-state index contributed by atoms with van der Waals surface area (Å²) in [5, 5.41) is 0. The minimum Gasteiger partial charge on any atom is -0.289 e. The van der Waals surface area contributed by atoms with Gasteiger partial charge in [-0.2, -0.15) is 0 Å². The number of allylic oxidation sites excluding steroid dienone is 1. The monoisotopic (exact) mass is 250 g/mol. The Kier molecular flexibility index (Phi) is 3.71. The molecule has 0 saturated heterocycles. The first-order valence-electron chi connectivity index (χ1n) is 6.01. The van der Waals surface area contributed by atoms with Crippen molar-refractivity contribution >= 4 is 11.6 Å². The lowest BCUT2D eigenvalue weighted by Gasteiger charge is -2.08. The molecular weight excluding hydrogens is 236 g/mol. The Balaban J connectivity index is 2.54. The van der Waals surface area contributed by atoms with Crippen molar-refractivity contribution in [3.63, 3.8) is 0 Å². The summed E-state index contributed by atoms with van der Waals surface area (Å²) >= 11 is 0. The van der Waals surface area contributed by atoms with Crippen molar-refractivity contribution in [2.45, 2.75) is 6.92 Å². The molecule has 0 aliphatic carbocycles. The van der Waals surface area contributed by atoms with Crippen molar-refractivity contribution in [1.29, 1.82) is 0 Å². The summed E-state index contributed by atoms with van der Waals surface area (Å²) in [7, 11) is 0. The molecule has 0 saturated carbocycles. The van der Waals surface area contributed by atoms with Gasteiger partial charge in [-0.15, -0.1) is 0 Å². The van der Waals surface area contributed by atoms with Crippen molar-refractivity contribution in [3.8, 4) is 0 Å². The average Bonchev–Trinajstić information content (AvgIpc) is 2.46. The van der Waals surface area contributed by atoms with Gasteiger partial charge in [-0.25, -0.2) is 0 Å². The van der Waals surface area contributed by atoms with Crippen molar-refractivity contribution < 1.29 is 9.59 Å². The first-order chi connectivity index (χ1) is 9.15. The van der Waals surface area contributed by atoms with Crippen molar-refractivity contribution in [1.82, 2.24) is 0 Å². The van der Waals surface area contributed by atoms with Gasteiger partial charge in [-0.05, 0) is 18.6 Å². The van der Waals surface area contributed by atoms with Gasteiger partial charge in [0.05, 0.1) is 0 Å². The van der Waals surface area contributed by atoms with E-state index >= 15 is 0 Å². The number of carbonyl (C=O) groups excluding carboxylic acids is 2. The van der Waals surface area contributed by atoms with Gasteiger partial charge in [-0.1, -0.05) is 55.1 Å². The lowest BCUT2D eigenvalue weighted by atomic mass is 9.94. The predicted molar refractivity (Wildman–Crippen MR) is 75.6 cm³/mol. The zero-order valence-electron chi connectivity index (χ0n) is 10.7. The third-order valence-corrected chi connectivity index (χ3v) is 3.01. The lowest BCUT2D eigenvalue weighted by molar-refractivity contribution is 0.101. The lowest BCUT2D eigenvalue weighted by Crippen LogP contribution is -2.09. The first kappa shape index (κ1) is 13.0. The fourth-order valence-corrected chi connectivity index (χ4v) is 1.98. The molecule has 94 valence electrons. The predicted octanol–water partition coefficient (Wildman–Crippen LogP) is 3.59. The number of hydrogen-bond donors (Lipinski definition) is 0. The van der Waals surface area contributed by atoms with E-state index in [4.69, 9.17) is 0 Å². The molecule has 0 aliphatic heterocycles. The number of ketones is 2. The van der Waals surface area contributed by atoms with Gasteiger partial charge in [0.25, 0.3) is 0 Å². The summed E-state index contributed by atoms with van der Waals surface area (Å²) < 4.78 is 0. The van der Waals surface area contributed by atoms with Gasteiger partial charge >= 0.3 is 0 Å². The zero-order valence-corrected chi connectivity index (χ0v) is 10.7. The van der Waals surface area contributed by atoms with Crippen LogP contribution in [0.5, 0.6) is 0 Å². The van der Waals surface area contributed by atoms with Crippen LogP contribution in [0.25, 0.3) is 0 Å². The third kappa shape index (κ3) is 2.52. The Morgan fingerprint density at radius 3 is 2.00 bits per heavy atom. The molecule has 2 nitrogen and oxygen atoms in total. The second-order valence-corrected chi connectivity index (χ2v) is 4.26. The van der Waals surface area contributed by atoms with Crippen LogP contribution >= 0.6 is 0 Å². The Hall–Kier alpha value is -2.48. The first-order valence-corrected chi connectivity index (χ1v) is 6.01. The molecule has 19 heavy (non-hydrogen) atoms. The van der Waals surface area contributed by atoms with Crippen LogP contribution < -0.4 is 0 Å². The molecule has 0 fully saturated rings. The molecule has 2 aromatic carbocycles. The summed E-state index contributed by atoms with van der Waals surface area (Å²) in [6, 6.07) is 14.2. The van der Waals surface area contributed by atoms with Crippen LogP contribution in [-0.2, 0) is 0 Å². The Labute approximate surface area is 112 Å². The summed E-state index contributed by atoms with van der Waals surface area (Å²) in [5.41, 5.74) is 2.33. The molecule has 0 spiro atoms. The van der Waals surface area contributed by atoms with Crippen molar-refractivity contribution in [2.75, 3.05) is 0 Å². The molecule has 0 N–H and O–H groups in total. The second-order valence-electron chi connectivity index (χ2n) is 4.26. The van der Waals surface area contributed by atoms with Gasteiger partial charge in [-0.3, -0.25) is 9.59 Å². The van der Waals surface area contributed by atoms with Crippen LogP contribution in [0.15, 0.2) is 61.2 Å². The normalized spacial score (nSPS) is 9.95. The largest absolute Gasteiger partial charge is 0.289 e. The van der Waals surface area contributed by atoms with E-state index in [-0.39, 0.29) is 11.6 Å². The van der Waals surface area contributed by atoms with Crippen LogP contribution in [0, 0.1) is 6.92 Å². The van der Waals surface area contributed by atoms with Crippen LogP contribution in [0.1, 0.15) is 31.8 Å². The van der Waals surface area contributed by atoms with E-state index in [1.165, 1.54) is 6.08 Å². The zero-order chi connectivity index (χ0) is 13.8. The highest BCUT2D eigenvalue weighted by atomic mass is 16.1. The van der Waals surface area contributed by atoms with Crippen LogP contribution in [0.2, 0.25) is 0 Å². The van der Waals surface area contributed by atoms with Crippen LogP contribution in [0.3, 0.4) is 0 Å². The minimum atomic E-state index is -0.238. The van der Waals surface area contributed by atoms with Gasteiger partial charge in [0.2, 0.25) is 0 Å². The smallest absolute Gasteiger partial charge is 0.194 e. The highest BCUT2D eigenvalue weighted by Gasteiger charge is 2.17. The summed E-state index contributed by atoms with van der Waals surface area (Å²) in [6.07, 6.45) is 1.23. The third-order valence-electron chi connectivity index (χ3n) is 3.01. The molecule has 2 heteroatoms. The number of hydrogen-bond acceptors (Lipinski definition) is 2. The molecule has 0 aliphatic rings. The van der Waals surface area contributed by atoms with E-state index in [0.29, 0.717) is 16.7 Å². The highest BCUT2D eigenvalue weighted by molar-refractivity contribution is 6.18. The summed E-state index contributed by atoms with van der Waals surface area (Å²) in [6.45, 7) is 5.35. The van der Waals surface area contributed by atoms with Crippen molar-refractivity contribution in [3.05, 3.63) is 83.4 Å². The van der Waals surface area contributed by atoms with Gasteiger partial charge in [0.15, 0.2) is 11.6 Å². The quantitative estimate of drug-likeness (QED) is 0.613. The fourth-order valence-electron chi connectivity index (χ4n) is 1.98. The van der Waals surface area contributed by atoms with Gasteiger partial charge < -0.3 is 0 Å². The molecular formula is C17H14O2. The Morgan fingerprint density at radius 2 is 1.42 bits per heavy atom. The molecule has 2 rings (SSSR count). The van der Waals surface area contributed by atoms with E-state index in [1.54, 1.807) is 30.3 Å². The molecule has 0 heterocycles. The van der Waals surface area contributed by atoms with Crippen molar-refractivity contribution in [2.24, 2.45) is 0 Å². The molecule has 0 radical (unpaired) electrons. The Morgan fingerprint density at radius 1 is 0.895 bits per heavy atom. The topological polar surface area (TPSA) is 34.1 Å². The maximum atomic E-state index is 12.5.